The van der Waals surface area contributed by atoms with E-state index in [0.29, 0.717) is 23.1 Å². The Hall–Kier alpha value is -2.55. The van der Waals surface area contributed by atoms with Crippen molar-refractivity contribution in [3.8, 4) is 6.07 Å². The van der Waals surface area contributed by atoms with Crippen molar-refractivity contribution >= 4 is 22.8 Å². The van der Waals surface area contributed by atoms with Gasteiger partial charge in [0, 0.05) is 0 Å². The Morgan fingerprint density at radius 3 is 2.95 bits per heavy atom. The quantitative estimate of drug-likeness (QED) is 0.890. The number of rotatable bonds is 2. The number of nitrogens with zero attached hydrogens (tertiary/aromatic N) is 3. The molecule has 0 atom stereocenters. The van der Waals surface area contributed by atoms with Crippen molar-refractivity contribution in [3.63, 3.8) is 0 Å². The molecule has 1 heterocycles. The van der Waals surface area contributed by atoms with Gasteiger partial charge in [-0.2, -0.15) is 9.94 Å². The highest BCUT2D eigenvalue weighted by atomic mass is 16.6. The molecule has 0 saturated carbocycles. The van der Waals surface area contributed by atoms with E-state index in [2.05, 4.69) is 5.10 Å². The summed E-state index contributed by atoms with van der Waals surface area (Å²) >= 11 is 0. The number of anilines is 1. The lowest BCUT2D eigenvalue weighted by molar-refractivity contribution is 0.132. The van der Waals surface area contributed by atoms with Crippen molar-refractivity contribution in [2.45, 2.75) is 13.8 Å². The average Bonchev–Trinajstić information content (AvgIpc) is 2.73. The van der Waals surface area contributed by atoms with E-state index in [9.17, 15) is 4.79 Å². The SMILES string of the molecule is CC(C)COC(=O)n1nc(N)c2c(C#N)cccc21. The molecule has 0 bridgehead atoms. The first-order chi connectivity index (χ1) is 9.04. The van der Waals surface area contributed by atoms with Crippen LogP contribution in [0.15, 0.2) is 18.2 Å². The van der Waals surface area contributed by atoms with Crippen molar-refractivity contribution in [1.29, 1.82) is 5.26 Å². The third-order valence-corrected chi connectivity index (χ3v) is 2.57. The van der Waals surface area contributed by atoms with Crippen LogP contribution in [0, 0.1) is 17.2 Å². The number of benzene rings is 1. The first-order valence-corrected chi connectivity index (χ1v) is 5.89. The Morgan fingerprint density at radius 2 is 2.32 bits per heavy atom. The highest BCUT2D eigenvalue weighted by Crippen LogP contribution is 2.24. The van der Waals surface area contributed by atoms with Gasteiger partial charge < -0.3 is 10.5 Å². The lowest BCUT2D eigenvalue weighted by Gasteiger charge is -2.07. The Bertz CT molecular complexity index is 667. The third kappa shape index (κ3) is 2.36. The molecule has 98 valence electrons. The third-order valence-electron chi connectivity index (χ3n) is 2.57. The van der Waals surface area contributed by atoms with Crippen molar-refractivity contribution in [2.75, 3.05) is 12.3 Å². The van der Waals surface area contributed by atoms with Gasteiger partial charge in [0.1, 0.15) is 0 Å². The Balaban J connectivity index is 2.46. The molecule has 2 rings (SSSR count). The van der Waals surface area contributed by atoms with Crippen LogP contribution >= 0.6 is 0 Å². The molecule has 0 saturated heterocycles. The molecule has 6 heteroatoms. The molecule has 0 unspecified atom stereocenters. The number of ether oxygens (including phenoxy) is 1. The molecular formula is C13H14N4O2. The number of aromatic nitrogens is 2. The maximum Gasteiger partial charge on any atom is 0.435 e. The normalized spacial score (nSPS) is 10.6. The minimum absolute atomic E-state index is 0.147. The monoisotopic (exact) mass is 258 g/mol. The number of hydrogen-bond donors (Lipinski definition) is 1. The molecule has 0 fully saturated rings. The summed E-state index contributed by atoms with van der Waals surface area (Å²) in [4.78, 5) is 11.9. The van der Waals surface area contributed by atoms with Crippen molar-refractivity contribution in [2.24, 2.45) is 5.92 Å². The number of nitriles is 1. The summed E-state index contributed by atoms with van der Waals surface area (Å²) in [5.74, 6) is 0.381. The van der Waals surface area contributed by atoms with Gasteiger partial charge in [0.2, 0.25) is 0 Å². The Morgan fingerprint density at radius 1 is 1.58 bits per heavy atom. The molecule has 0 spiro atoms. The van der Waals surface area contributed by atoms with Gasteiger partial charge in [-0.3, -0.25) is 0 Å². The van der Waals surface area contributed by atoms with Crippen molar-refractivity contribution in [3.05, 3.63) is 23.8 Å². The molecule has 2 aromatic rings. The van der Waals surface area contributed by atoms with Gasteiger partial charge in [0.15, 0.2) is 5.82 Å². The number of carbonyl (C=O) groups is 1. The smallest absolute Gasteiger partial charge is 0.435 e. The molecule has 0 aliphatic carbocycles. The molecule has 1 aromatic carbocycles. The second kappa shape index (κ2) is 4.98. The van der Waals surface area contributed by atoms with E-state index in [0.717, 1.165) is 4.68 Å². The summed E-state index contributed by atoms with van der Waals surface area (Å²) in [6.45, 7) is 4.19. The summed E-state index contributed by atoms with van der Waals surface area (Å²) in [5, 5.41) is 13.4. The van der Waals surface area contributed by atoms with Gasteiger partial charge in [-0.1, -0.05) is 19.9 Å². The predicted octanol–water partition coefficient (Wildman–Crippen LogP) is 2.13. The maximum absolute atomic E-state index is 11.9. The predicted molar refractivity (Wildman–Crippen MR) is 70.4 cm³/mol. The zero-order valence-electron chi connectivity index (χ0n) is 10.8. The first-order valence-electron chi connectivity index (χ1n) is 5.89. The van der Waals surface area contributed by atoms with Crippen LogP contribution in [0.3, 0.4) is 0 Å². The topological polar surface area (TPSA) is 93.9 Å². The van der Waals surface area contributed by atoms with Crippen LogP contribution in [-0.2, 0) is 4.74 Å². The lowest BCUT2D eigenvalue weighted by atomic mass is 10.1. The van der Waals surface area contributed by atoms with E-state index in [1.54, 1.807) is 18.2 Å². The second-order valence-electron chi connectivity index (χ2n) is 4.58. The van der Waals surface area contributed by atoms with Gasteiger partial charge >= 0.3 is 6.09 Å². The highest BCUT2D eigenvalue weighted by molar-refractivity contribution is 5.98. The van der Waals surface area contributed by atoms with Crippen LogP contribution in [0.25, 0.3) is 10.9 Å². The summed E-state index contributed by atoms with van der Waals surface area (Å²) in [5.41, 5.74) is 6.62. The molecule has 19 heavy (non-hydrogen) atoms. The fourth-order valence-corrected chi connectivity index (χ4v) is 1.73. The number of hydrogen-bond acceptors (Lipinski definition) is 5. The molecular weight excluding hydrogens is 244 g/mol. The number of nitrogen functional groups attached to an aromatic ring is 1. The van der Waals surface area contributed by atoms with Crippen LogP contribution in [0.5, 0.6) is 0 Å². The standard InChI is InChI=1S/C13H14N4O2/c1-8(2)7-19-13(18)17-10-5-3-4-9(6-14)11(10)12(15)16-17/h3-5,8H,7H2,1-2H3,(H2,15,16). The lowest BCUT2D eigenvalue weighted by Crippen LogP contribution is -2.17. The number of fused-ring (bicyclic) bond motifs is 1. The summed E-state index contributed by atoms with van der Waals surface area (Å²) in [6, 6.07) is 7.01. The zero-order valence-corrected chi connectivity index (χ0v) is 10.8. The van der Waals surface area contributed by atoms with Gasteiger partial charge in [-0.25, -0.2) is 4.79 Å². The van der Waals surface area contributed by atoms with Crippen LogP contribution in [0.4, 0.5) is 10.6 Å². The van der Waals surface area contributed by atoms with Gasteiger partial charge in [-0.05, 0) is 18.1 Å². The molecule has 0 aliphatic rings. The molecule has 2 N–H and O–H groups in total. The fourth-order valence-electron chi connectivity index (χ4n) is 1.73. The molecule has 0 radical (unpaired) electrons. The van der Waals surface area contributed by atoms with E-state index in [1.807, 2.05) is 19.9 Å². The molecule has 0 amide bonds. The van der Waals surface area contributed by atoms with E-state index < -0.39 is 6.09 Å². The van der Waals surface area contributed by atoms with Crippen molar-refractivity contribution < 1.29 is 9.53 Å². The molecule has 6 nitrogen and oxygen atoms in total. The van der Waals surface area contributed by atoms with Gasteiger partial charge in [0.05, 0.1) is 29.1 Å². The maximum atomic E-state index is 11.9. The van der Waals surface area contributed by atoms with Crippen LogP contribution in [-0.4, -0.2) is 22.5 Å². The first kappa shape index (κ1) is 12.9. The summed E-state index contributed by atoms with van der Waals surface area (Å²) in [6.07, 6.45) is -0.592. The van der Waals surface area contributed by atoms with Gasteiger partial charge in [-0.15, -0.1) is 5.10 Å². The minimum atomic E-state index is -0.592. The van der Waals surface area contributed by atoms with Crippen LogP contribution < -0.4 is 5.73 Å². The van der Waals surface area contributed by atoms with E-state index in [1.165, 1.54) is 0 Å². The van der Waals surface area contributed by atoms with Gasteiger partial charge in [0.25, 0.3) is 0 Å². The molecule has 0 aliphatic heterocycles. The van der Waals surface area contributed by atoms with E-state index in [4.69, 9.17) is 15.7 Å². The highest BCUT2D eigenvalue weighted by Gasteiger charge is 2.17. The number of carbonyl (C=O) groups excluding carboxylic acids is 1. The molecule has 1 aromatic heterocycles. The van der Waals surface area contributed by atoms with E-state index >= 15 is 0 Å². The Labute approximate surface area is 110 Å². The second-order valence-corrected chi connectivity index (χ2v) is 4.58. The number of nitrogens with two attached hydrogens (primary N) is 1. The van der Waals surface area contributed by atoms with E-state index in [-0.39, 0.29) is 11.7 Å². The average molecular weight is 258 g/mol. The van der Waals surface area contributed by atoms with Crippen molar-refractivity contribution in [1.82, 2.24) is 9.78 Å². The largest absolute Gasteiger partial charge is 0.448 e. The fraction of sp³-hybridized carbons (Fsp3) is 0.308. The summed E-state index contributed by atoms with van der Waals surface area (Å²) < 4.78 is 6.20. The Kier molecular flexibility index (Phi) is 3.38. The minimum Gasteiger partial charge on any atom is -0.448 e. The van der Waals surface area contributed by atoms with Crippen LogP contribution in [0.2, 0.25) is 0 Å². The zero-order chi connectivity index (χ0) is 14.0. The summed E-state index contributed by atoms with van der Waals surface area (Å²) in [7, 11) is 0. The van der Waals surface area contributed by atoms with Crippen LogP contribution in [0.1, 0.15) is 19.4 Å².